The Morgan fingerprint density at radius 3 is 3.30 bits per heavy atom. The highest BCUT2D eigenvalue weighted by Crippen LogP contribution is 2.19. The predicted molar refractivity (Wildman–Crippen MR) is 40.9 cm³/mol. The molecule has 2 rings (SSSR count). The van der Waals surface area contributed by atoms with Gasteiger partial charge < -0.3 is 10.2 Å². The molecular weight excluding hydrogens is 196 g/mol. The van der Waals surface area contributed by atoms with Gasteiger partial charge in [0.1, 0.15) is 0 Å². The molecule has 1 fully saturated rings. The van der Waals surface area contributed by atoms with E-state index in [1.807, 2.05) is 6.08 Å². The third-order valence-electron chi connectivity index (χ3n) is 1.74. The number of carbonyl (C=O) groups is 1. The average Bonchev–Trinajstić information content (AvgIpc) is 2.07. The third-order valence-corrected chi connectivity index (χ3v) is 2.25. The van der Waals surface area contributed by atoms with Gasteiger partial charge in [0.15, 0.2) is 0 Å². The summed E-state index contributed by atoms with van der Waals surface area (Å²) >= 11 is 3.36. The summed E-state index contributed by atoms with van der Waals surface area (Å²) in [6, 6.07) is 0.284. The van der Waals surface area contributed by atoms with Crippen LogP contribution in [0.3, 0.4) is 0 Å². The second-order valence-corrected chi connectivity index (χ2v) is 3.57. The number of nitrogens with one attached hydrogen (secondary N) is 1. The van der Waals surface area contributed by atoms with Gasteiger partial charge in [0, 0.05) is 11.0 Å². The van der Waals surface area contributed by atoms with Gasteiger partial charge in [0.05, 0.1) is 12.6 Å². The summed E-state index contributed by atoms with van der Waals surface area (Å²) in [6.07, 6.45) is 2.04. The molecule has 2 heterocycles. The third kappa shape index (κ3) is 0.831. The Balaban J connectivity index is 2.26. The Hall–Kier alpha value is -0.510. The molecule has 1 saturated heterocycles. The minimum Gasteiger partial charge on any atom is -0.330 e. The van der Waals surface area contributed by atoms with Gasteiger partial charge >= 0.3 is 6.03 Å². The molecule has 0 aromatic heterocycles. The number of fused-ring (bicyclic) bond motifs is 2. The minimum atomic E-state index is 0.0516. The molecule has 0 aliphatic carbocycles. The normalized spacial score (nSPS) is 30.1. The van der Waals surface area contributed by atoms with Crippen molar-refractivity contribution in [2.75, 3.05) is 13.1 Å². The maximum atomic E-state index is 11.0. The highest BCUT2D eigenvalue weighted by molar-refractivity contribution is 9.11. The van der Waals surface area contributed by atoms with Crippen molar-refractivity contribution in [3.8, 4) is 0 Å². The first-order valence-electron chi connectivity index (χ1n) is 3.17. The first-order chi connectivity index (χ1) is 4.75. The zero-order valence-electron chi connectivity index (χ0n) is 5.30. The molecule has 54 valence electrons. The molecule has 2 aliphatic rings. The molecule has 0 spiro atoms. The minimum absolute atomic E-state index is 0.0516. The second kappa shape index (κ2) is 1.99. The number of carbonyl (C=O) groups excluding carboxylic acids is 1. The van der Waals surface area contributed by atoms with Crippen molar-refractivity contribution in [2.24, 2.45) is 0 Å². The van der Waals surface area contributed by atoms with E-state index in [1.54, 1.807) is 4.90 Å². The molecule has 0 aromatic rings. The Morgan fingerprint density at radius 2 is 2.60 bits per heavy atom. The van der Waals surface area contributed by atoms with E-state index in [0.29, 0.717) is 0 Å². The van der Waals surface area contributed by atoms with Gasteiger partial charge in [0.2, 0.25) is 0 Å². The lowest BCUT2D eigenvalue weighted by Crippen LogP contribution is -2.29. The van der Waals surface area contributed by atoms with Crippen molar-refractivity contribution < 1.29 is 4.79 Å². The Bertz CT molecular complexity index is 214. The lowest BCUT2D eigenvalue weighted by atomic mass is 10.2. The SMILES string of the molecule is O=C1NC2C=C(Br)CN1C2. The van der Waals surface area contributed by atoms with Gasteiger partial charge in [-0.2, -0.15) is 0 Å². The maximum Gasteiger partial charge on any atom is 0.318 e. The maximum absolute atomic E-state index is 11.0. The summed E-state index contributed by atoms with van der Waals surface area (Å²) in [4.78, 5) is 12.7. The molecule has 1 unspecified atom stereocenters. The summed E-state index contributed by atoms with van der Waals surface area (Å²) in [5, 5.41) is 2.83. The van der Waals surface area contributed by atoms with Gasteiger partial charge in [-0.3, -0.25) is 0 Å². The molecule has 2 amide bonds. The van der Waals surface area contributed by atoms with Crippen LogP contribution in [0.15, 0.2) is 10.6 Å². The van der Waals surface area contributed by atoms with Crippen LogP contribution in [-0.4, -0.2) is 30.1 Å². The monoisotopic (exact) mass is 202 g/mol. The van der Waals surface area contributed by atoms with Crippen LogP contribution in [0.1, 0.15) is 0 Å². The van der Waals surface area contributed by atoms with Crippen LogP contribution in [0.2, 0.25) is 0 Å². The Labute approximate surface area is 67.2 Å². The summed E-state index contributed by atoms with van der Waals surface area (Å²) in [5.74, 6) is 0. The van der Waals surface area contributed by atoms with Crippen molar-refractivity contribution >= 4 is 22.0 Å². The van der Waals surface area contributed by atoms with Crippen LogP contribution in [0.25, 0.3) is 0 Å². The van der Waals surface area contributed by atoms with E-state index in [1.165, 1.54) is 0 Å². The first-order valence-corrected chi connectivity index (χ1v) is 3.96. The van der Waals surface area contributed by atoms with E-state index in [-0.39, 0.29) is 12.1 Å². The number of urea groups is 1. The summed E-state index contributed by atoms with van der Waals surface area (Å²) in [6.45, 7) is 1.55. The van der Waals surface area contributed by atoms with Crippen LogP contribution in [-0.2, 0) is 0 Å². The van der Waals surface area contributed by atoms with Crippen molar-refractivity contribution in [1.82, 2.24) is 10.2 Å². The van der Waals surface area contributed by atoms with E-state index in [4.69, 9.17) is 0 Å². The molecule has 0 radical (unpaired) electrons. The largest absolute Gasteiger partial charge is 0.330 e. The fourth-order valence-electron chi connectivity index (χ4n) is 1.30. The zero-order valence-corrected chi connectivity index (χ0v) is 6.89. The smallest absolute Gasteiger partial charge is 0.318 e. The van der Waals surface area contributed by atoms with E-state index in [2.05, 4.69) is 21.2 Å². The lowest BCUT2D eigenvalue weighted by molar-refractivity contribution is 0.221. The van der Waals surface area contributed by atoms with Crippen LogP contribution in [0, 0.1) is 0 Å². The molecular formula is C6H7BrN2O. The molecule has 3 nitrogen and oxygen atoms in total. The highest BCUT2D eigenvalue weighted by atomic mass is 79.9. The van der Waals surface area contributed by atoms with Gasteiger partial charge in [-0.1, -0.05) is 15.9 Å². The van der Waals surface area contributed by atoms with Crippen molar-refractivity contribution in [2.45, 2.75) is 6.04 Å². The molecule has 10 heavy (non-hydrogen) atoms. The molecule has 2 bridgehead atoms. The highest BCUT2D eigenvalue weighted by Gasteiger charge is 2.30. The van der Waals surface area contributed by atoms with E-state index >= 15 is 0 Å². The van der Waals surface area contributed by atoms with Gasteiger partial charge in [-0.05, 0) is 6.08 Å². The number of halogens is 1. The zero-order chi connectivity index (χ0) is 7.14. The molecule has 1 N–H and O–H groups in total. The molecule has 0 saturated carbocycles. The van der Waals surface area contributed by atoms with Gasteiger partial charge in [0.25, 0.3) is 0 Å². The van der Waals surface area contributed by atoms with E-state index in [9.17, 15) is 4.79 Å². The van der Waals surface area contributed by atoms with E-state index in [0.717, 1.165) is 17.6 Å². The number of nitrogens with zero attached hydrogens (tertiary/aromatic N) is 1. The molecule has 2 aliphatic heterocycles. The number of amides is 2. The standard InChI is InChI=1S/C6H7BrN2O/c7-4-1-5-3-9(2-4)6(10)8-5/h1,5H,2-3H2,(H,8,10). The van der Waals surface area contributed by atoms with Gasteiger partial charge in [-0.25, -0.2) is 4.79 Å². The topological polar surface area (TPSA) is 32.3 Å². The average molecular weight is 203 g/mol. The molecule has 0 aromatic carbocycles. The fourth-order valence-corrected chi connectivity index (χ4v) is 1.92. The summed E-state index contributed by atoms with van der Waals surface area (Å²) in [5.41, 5.74) is 0. The quantitative estimate of drug-likeness (QED) is 0.616. The molecule has 4 heteroatoms. The Kier molecular flexibility index (Phi) is 1.23. The number of rotatable bonds is 0. The molecule has 1 atom stereocenters. The Morgan fingerprint density at radius 1 is 1.80 bits per heavy atom. The van der Waals surface area contributed by atoms with Gasteiger partial charge in [-0.15, -0.1) is 0 Å². The van der Waals surface area contributed by atoms with Crippen LogP contribution < -0.4 is 5.32 Å². The van der Waals surface area contributed by atoms with Crippen molar-refractivity contribution in [3.63, 3.8) is 0 Å². The van der Waals surface area contributed by atoms with Crippen LogP contribution >= 0.6 is 15.9 Å². The van der Waals surface area contributed by atoms with Crippen LogP contribution in [0.5, 0.6) is 0 Å². The first kappa shape index (κ1) is 6.22. The van der Waals surface area contributed by atoms with Crippen LogP contribution in [0.4, 0.5) is 4.79 Å². The second-order valence-electron chi connectivity index (χ2n) is 2.55. The van der Waals surface area contributed by atoms with Crippen molar-refractivity contribution in [3.05, 3.63) is 10.6 Å². The predicted octanol–water partition coefficient (Wildman–Crippen LogP) is 0.673. The van der Waals surface area contributed by atoms with E-state index < -0.39 is 0 Å². The summed E-state index contributed by atoms with van der Waals surface area (Å²) < 4.78 is 1.10. The van der Waals surface area contributed by atoms with Crippen molar-refractivity contribution in [1.29, 1.82) is 0 Å². The number of hydrogen-bond donors (Lipinski definition) is 1. The fraction of sp³-hybridized carbons (Fsp3) is 0.500. The number of hydrogen-bond acceptors (Lipinski definition) is 1. The lowest BCUT2D eigenvalue weighted by Gasteiger charge is -2.17. The summed E-state index contributed by atoms with van der Waals surface area (Å²) in [7, 11) is 0.